The van der Waals surface area contributed by atoms with Crippen molar-refractivity contribution in [3.05, 3.63) is 12.4 Å². The first-order valence-electron chi connectivity index (χ1n) is 7.25. The highest BCUT2D eigenvalue weighted by molar-refractivity contribution is 5.90. The summed E-state index contributed by atoms with van der Waals surface area (Å²) >= 11 is 0. The molecule has 0 unspecified atom stereocenters. The lowest BCUT2D eigenvalue weighted by Crippen LogP contribution is -2.35. The summed E-state index contributed by atoms with van der Waals surface area (Å²) in [5.74, 6) is 1.33. The lowest BCUT2D eigenvalue weighted by atomic mass is 10.0. The van der Waals surface area contributed by atoms with Crippen LogP contribution < -0.4 is 5.32 Å². The van der Waals surface area contributed by atoms with Crippen LogP contribution in [0.25, 0.3) is 0 Å². The molecule has 2 rings (SSSR count). The first-order chi connectivity index (χ1) is 10.8. The van der Waals surface area contributed by atoms with Crippen molar-refractivity contribution in [2.75, 3.05) is 5.32 Å². The zero-order valence-electron chi connectivity index (χ0n) is 13.1. The van der Waals surface area contributed by atoms with Crippen molar-refractivity contribution in [3.63, 3.8) is 0 Å². The molecular formula is C15H19N5O3. The Morgan fingerprint density at radius 3 is 2.70 bits per heavy atom. The summed E-state index contributed by atoms with van der Waals surface area (Å²) in [6, 6.07) is 0. The summed E-state index contributed by atoms with van der Waals surface area (Å²) < 4.78 is 1.30. The number of aliphatic carboxylic acids is 1. The molecule has 1 aliphatic heterocycles. The van der Waals surface area contributed by atoms with E-state index in [1.807, 2.05) is 0 Å². The van der Waals surface area contributed by atoms with Gasteiger partial charge in [0.1, 0.15) is 0 Å². The van der Waals surface area contributed by atoms with Gasteiger partial charge in [-0.1, -0.05) is 0 Å². The van der Waals surface area contributed by atoms with Crippen LogP contribution in [-0.4, -0.2) is 32.4 Å². The monoisotopic (exact) mass is 317 g/mol. The maximum absolute atomic E-state index is 12.0. The van der Waals surface area contributed by atoms with Gasteiger partial charge in [-0.25, -0.2) is 4.79 Å². The number of nitrogens with one attached hydrogen (secondary N) is 1. The van der Waals surface area contributed by atoms with Crippen LogP contribution in [0.15, 0.2) is 22.6 Å². The summed E-state index contributed by atoms with van der Waals surface area (Å²) in [7, 11) is 0. The molecule has 1 amide bonds. The van der Waals surface area contributed by atoms with E-state index in [-0.39, 0.29) is 12.3 Å². The van der Waals surface area contributed by atoms with Gasteiger partial charge in [0.05, 0.1) is 11.9 Å². The zero-order chi connectivity index (χ0) is 17.1. The maximum atomic E-state index is 12.0. The van der Waals surface area contributed by atoms with E-state index in [4.69, 9.17) is 11.5 Å². The van der Waals surface area contributed by atoms with Crippen LogP contribution in [0.2, 0.25) is 0 Å². The number of amides is 1. The molecule has 2 heterocycles. The van der Waals surface area contributed by atoms with E-state index in [1.165, 1.54) is 30.9 Å². The number of nitrogens with zero attached hydrogens (tertiary/aromatic N) is 4. The fraction of sp³-hybridized carbons (Fsp3) is 0.533. The smallest absolute Gasteiger partial charge is 0.331 e. The molecule has 122 valence electrons. The highest BCUT2D eigenvalue weighted by atomic mass is 16.4. The van der Waals surface area contributed by atoms with Crippen molar-refractivity contribution >= 4 is 17.6 Å². The number of terminal acetylenes is 1. The normalized spacial score (nSPS) is 15.0. The summed E-state index contributed by atoms with van der Waals surface area (Å²) in [5.41, 5.74) is -1.22. The molecule has 0 atom stereocenters. The zero-order valence-corrected chi connectivity index (χ0v) is 13.1. The van der Waals surface area contributed by atoms with Crippen molar-refractivity contribution in [2.24, 2.45) is 10.2 Å². The molecule has 0 radical (unpaired) electrons. The van der Waals surface area contributed by atoms with Gasteiger partial charge >= 0.3 is 5.97 Å². The Bertz CT molecular complexity index is 678. The van der Waals surface area contributed by atoms with E-state index in [2.05, 4.69) is 26.6 Å². The van der Waals surface area contributed by atoms with E-state index in [9.17, 15) is 9.59 Å². The minimum Gasteiger partial charge on any atom is -0.479 e. The van der Waals surface area contributed by atoms with Gasteiger partial charge in [-0.2, -0.15) is 15.3 Å². The van der Waals surface area contributed by atoms with E-state index < -0.39 is 17.2 Å². The fourth-order valence-corrected chi connectivity index (χ4v) is 2.00. The van der Waals surface area contributed by atoms with Gasteiger partial charge in [-0.05, 0) is 13.8 Å². The van der Waals surface area contributed by atoms with Crippen molar-refractivity contribution in [2.45, 2.75) is 50.7 Å². The Kier molecular flexibility index (Phi) is 4.50. The third-order valence-electron chi connectivity index (χ3n) is 3.77. The van der Waals surface area contributed by atoms with Crippen LogP contribution in [0.4, 0.5) is 5.69 Å². The lowest BCUT2D eigenvalue weighted by Gasteiger charge is -2.19. The van der Waals surface area contributed by atoms with Crippen LogP contribution >= 0.6 is 0 Å². The number of carbonyl (C=O) groups is 2. The van der Waals surface area contributed by atoms with Gasteiger partial charge in [0.25, 0.3) is 0 Å². The SMILES string of the molecule is C#CCCC1(CCC(=O)Nc2cnn(C(C)(C)C(=O)O)c2)N=N1. The summed E-state index contributed by atoms with van der Waals surface area (Å²) in [6.07, 6.45) is 10.1. The van der Waals surface area contributed by atoms with Crippen LogP contribution in [0.3, 0.4) is 0 Å². The Morgan fingerprint density at radius 2 is 2.13 bits per heavy atom. The van der Waals surface area contributed by atoms with Crippen molar-refractivity contribution in [3.8, 4) is 12.3 Å². The van der Waals surface area contributed by atoms with Gasteiger partial charge in [0.15, 0.2) is 11.2 Å². The lowest BCUT2D eigenvalue weighted by molar-refractivity contribution is -0.146. The van der Waals surface area contributed by atoms with Crippen LogP contribution in [0.5, 0.6) is 0 Å². The average Bonchev–Trinajstić information content (AvgIpc) is 3.12. The second-order valence-electron chi connectivity index (χ2n) is 5.97. The molecule has 8 nitrogen and oxygen atoms in total. The minimum atomic E-state index is -1.19. The third-order valence-corrected chi connectivity index (χ3v) is 3.77. The molecule has 0 saturated carbocycles. The predicted octanol–water partition coefficient (Wildman–Crippen LogP) is 2.00. The summed E-state index contributed by atoms with van der Waals surface area (Å²) in [5, 5.41) is 23.8. The quantitative estimate of drug-likeness (QED) is 0.714. The number of rotatable bonds is 8. The molecule has 8 heteroatoms. The molecule has 0 bridgehead atoms. The molecule has 0 saturated heterocycles. The van der Waals surface area contributed by atoms with E-state index in [1.54, 1.807) is 0 Å². The first kappa shape index (κ1) is 16.7. The van der Waals surface area contributed by atoms with E-state index >= 15 is 0 Å². The van der Waals surface area contributed by atoms with Crippen molar-refractivity contribution < 1.29 is 14.7 Å². The molecule has 0 spiro atoms. The number of carboxylic acids is 1. The van der Waals surface area contributed by atoms with Gasteiger partial charge in [-0.3, -0.25) is 9.48 Å². The standard InChI is InChI=1S/C15H19N5O3/c1-4-5-7-15(18-19-15)8-6-12(21)17-11-9-16-20(10-11)14(2,3)13(22)23/h1,9-10H,5-8H2,2-3H3,(H,17,21)(H,22,23). The average molecular weight is 317 g/mol. The molecule has 2 N–H and O–H groups in total. The van der Waals surface area contributed by atoms with Crippen molar-refractivity contribution in [1.29, 1.82) is 0 Å². The summed E-state index contributed by atoms with van der Waals surface area (Å²) in [4.78, 5) is 23.1. The Morgan fingerprint density at radius 1 is 1.43 bits per heavy atom. The minimum absolute atomic E-state index is 0.199. The molecule has 1 aromatic heterocycles. The highest BCUT2D eigenvalue weighted by Gasteiger charge is 2.39. The highest BCUT2D eigenvalue weighted by Crippen LogP contribution is 2.37. The molecule has 1 aromatic rings. The topological polar surface area (TPSA) is 109 Å². The fourth-order valence-electron chi connectivity index (χ4n) is 2.00. The number of hydrogen-bond acceptors (Lipinski definition) is 5. The molecular weight excluding hydrogens is 298 g/mol. The molecule has 0 aliphatic carbocycles. The Hall–Kier alpha value is -2.69. The van der Waals surface area contributed by atoms with E-state index in [0.717, 1.165) is 0 Å². The molecule has 0 aromatic carbocycles. The number of carboxylic acid groups (broad SMARTS) is 1. The van der Waals surface area contributed by atoms with Gasteiger partial charge in [-0.15, -0.1) is 12.3 Å². The maximum Gasteiger partial charge on any atom is 0.331 e. The molecule has 23 heavy (non-hydrogen) atoms. The van der Waals surface area contributed by atoms with E-state index in [0.29, 0.717) is 24.9 Å². The van der Waals surface area contributed by atoms with Gasteiger partial charge in [0.2, 0.25) is 5.91 Å². The van der Waals surface area contributed by atoms with Gasteiger partial charge < -0.3 is 10.4 Å². The first-order valence-corrected chi connectivity index (χ1v) is 7.25. The largest absolute Gasteiger partial charge is 0.479 e. The summed E-state index contributed by atoms with van der Waals surface area (Å²) in [6.45, 7) is 3.05. The van der Waals surface area contributed by atoms with Crippen LogP contribution in [0, 0.1) is 12.3 Å². The van der Waals surface area contributed by atoms with Gasteiger partial charge in [0, 0.05) is 31.9 Å². The third kappa shape index (κ3) is 3.94. The Labute approximate surface area is 134 Å². The second-order valence-corrected chi connectivity index (χ2v) is 5.97. The Balaban J connectivity index is 1.86. The number of aromatic nitrogens is 2. The predicted molar refractivity (Wildman–Crippen MR) is 82.7 cm³/mol. The van der Waals surface area contributed by atoms with Crippen LogP contribution in [-0.2, 0) is 15.1 Å². The molecule has 0 fully saturated rings. The number of carbonyl (C=O) groups excluding carboxylic acids is 1. The second kappa shape index (κ2) is 6.20. The van der Waals surface area contributed by atoms with Crippen LogP contribution in [0.1, 0.15) is 39.5 Å². The van der Waals surface area contributed by atoms with Crippen molar-refractivity contribution in [1.82, 2.24) is 9.78 Å². The molecule has 1 aliphatic rings. The number of hydrogen-bond donors (Lipinski definition) is 2. The number of anilines is 1.